The summed E-state index contributed by atoms with van der Waals surface area (Å²) >= 11 is 0. The molecule has 0 spiro atoms. The number of rotatable bonds is 11. The average molecular weight is 738 g/mol. The summed E-state index contributed by atoms with van der Waals surface area (Å²) in [6.07, 6.45) is 1.26. The maximum Gasteiger partial charge on any atom is 0.408 e. The van der Waals surface area contributed by atoms with Crippen LogP contribution in [-0.4, -0.2) is 76.6 Å². The van der Waals surface area contributed by atoms with Gasteiger partial charge in [0.1, 0.15) is 23.4 Å². The van der Waals surface area contributed by atoms with Gasteiger partial charge in [-0.1, -0.05) is 65.0 Å². The van der Waals surface area contributed by atoms with Gasteiger partial charge in [0.2, 0.25) is 21.8 Å². The van der Waals surface area contributed by atoms with Crippen LogP contribution in [0.3, 0.4) is 0 Å². The minimum absolute atomic E-state index is 0.0170. The lowest BCUT2D eigenvalue weighted by molar-refractivity contribution is -0.140. The SMILES string of the molecule is C=CC1CC1(NC(=O)[C@@H]1C[C@@H](C2c3cccc(F)c3CN2C(=O)O)CN1C(=O)[C@@H](Nc1cccc(C(C)(C)C)c1)C(C)C)C(=O)NS(=O)(=O)C1CC1. The van der Waals surface area contributed by atoms with Crippen molar-refractivity contribution in [2.45, 2.75) is 101 Å². The Balaban J connectivity index is 1.33. The zero-order valence-electron chi connectivity index (χ0n) is 30.2. The molecule has 280 valence electrons. The Kier molecular flexibility index (Phi) is 9.69. The highest BCUT2D eigenvalue weighted by Gasteiger charge is 2.62. The number of sulfonamides is 1. The molecule has 2 aliphatic heterocycles. The van der Waals surface area contributed by atoms with Gasteiger partial charge in [-0.15, -0.1) is 6.58 Å². The summed E-state index contributed by atoms with van der Waals surface area (Å²) in [4.78, 5) is 57.7. The highest BCUT2D eigenvalue weighted by Crippen LogP contribution is 2.47. The maximum absolute atomic E-state index is 15.0. The van der Waals surface area contributed by atoms with Crippen LogP contribution in [0.25, 0.3) is 0 Å². The van der Waals surface area contributed by atoms with Crippen LogP contribution in [0, 0.1) is 23.6 Å². The zero-order valence-corrected chi connectivity index (χ0v) is 31.0. The van der Waals surface area contributed by atoms with E-state index in [-0.39, 0.29) is 42.8 Å². The lowest BCUT2D eigenvalue weighted by Crippen LogP contribution is -2.58. The van der Waals surface area contributed by atoms with E-state index in [1.54, 1.807) is 6.07 Å². The van der Waals surface area contributed by atoms with Gasteiger partial charge in [-0.3, -0.25) is 24.0 Å². The second-order valence-corrected chi connectivity index (χ2v) is 18.0. The van der Waals surface area contributed by atoms with Crippen molar-refractivity contribution in [1.82, 2.24) is 19.8 Å². The van der Waals surface area contributed by atoms with Crippen LogP contribution < -0.4 is 15.4 Å². The smallest absolute Gasteiger partial charge is 0.408 e. The quantitative estimate of drug-likeness (QED) is 0.242. The third-order valence-electron chi connectivity index (χ3n) is 11.0. The van der Waals surface area contributed by atoms with Gasteiger partial charge in [-0.25, -0.2) is 17.6 Å². The molecule has 4 N–H and O–H groups in total. The average Bonchev–Trinajstić information content (AvgIpc) is 3.97. The molecular formula is C38H48FN5O7S. The summed E-state index contributed by atoms with van der Waals surface area (Å²) in [6, 6.07) is 9.44. The molecular weight excluding hydrogens is 690 g/mol. The fourth-order valence-corrected chi connectivity index (χ4v) is 9.07. The lowest BCUT2D eigenvalue weighted by atomic mass is 9.87. The van der Waals surface area contributed by atoms with Crippen molar-refractivity contribution in [3.63, 3.8) is 0 Å². The van der Waals surface area contributed by atoms with Crippen LogP contribution in [-0.2, 0) is 36.4 Å². The first-order valence-corrected chi connectivity index (χ1v) is 19.4. The number of hydrogen-bond donors (Lipinski definition) is 4. The second kappa shape index (κ2) is 13.5. The van der Waals surface area contributed by atoms with E-state index in [0.717, 1.165) is 10.5 Å². The summed E-state index contributed by atoms with van der Waals surface area (Å²) in [6.45, 7) is 13.6. The summed E-state index contributed by atoms with van der Waals surface area (Å²) in [5.41, 5.74) is 0.772. The first-order valence-electron chi connectivity index (χ1n) is 17.8. The number of benzene rings is 2. The van der Waals surface area contributed by atoms with Gasteiger partial charge in [0.05, 0.1) is 17.8 Å². The largest absolute Gasteiger partial charge is 0.465 e. The number of carbonyl (C=O) groups is 4. The molecule has 4 amide bonds. The number of carbonyl (C=O) groups excluding carboxylic acids is 3. The molecule has 3 fully saturated rings. The monoisotopic (exact) mass is 737 g/mol. The fraction of sp³-hybridized carbons (Fsp3) is 0.526. The molecule has 1 saturated heterocycles. The Morgan fingerprint density at radius 2 is 1.77 bits per heavy atom. The molecule has 52 heavy (non-hydrogen) atoms. The number of fused-ring (bicyclic) bond motifs is 1. The summed E-state index contributed by atoms with van der Waals surface area (Å²) in [7, 11) is -3.92. The first-order chi connectivity index (χ1) is 24.4. The molecule has 4 aliphatic rings. The van der Waals surface area contributed by atoms with Crippen LogP contribution >= 0.6 is 0 Å². The maximum atomic E-state index is 15.0. The van der Waals surface area contributed by atoms with Crippen LogP contribution in [0.2, 0.25) is 0 Å². The van der Waals surface area contributed by atoms with E-state index in [1.807, 2.05) is 38.1 Å². The number of anilines is 1. The van der Waals surface area contributed by atoms with E-state index in [9.17, 15) is 37.1 Å². The van der Waals surface area contributed by atoms with E-state index in [1.165, 1.54) is 23.1 Å². The standard InChI is InChI=1S/C38H48FN5O7S/c1-7-23-18-38(23,35(47)42-52(50,51)26-14-15-26)41-33(45)30-16-22(32-27-12-9-13-29(39)28(27)20-44(32)36(48)49)19-43(30)34(46)31(21(2)3)40-25-11-8-10-24(17-25)37(4,5)6/h7-13,17,21-23,26,30-32,40H,1,14-16,18-20H2,2-6H3,(H,41,45)(H,42,47)(H,48,49)/t22-,23?,30+,31+,32?,38?/m1/s1. The molecule has 6 atom stereocenters. The molecule has 0 aromatic heterocycles. The Morgan fingerprint density at radius 1 is 1.08 bits per heavy atom. The lowest BCUT2D eigenvalue weighted by Gasteiger charge is -2.32. The number of halogens is 1. The van der Waals surface area contributed by atoms with Gasteiger partial charge in [0.15, 0.2) is 0 Å². The molecule has 2 aliphatic carbocycles. The molecule has 0 radical (unpaired) electrons. The van der Waals surface area contributed by atoms with Crippen molar-refractivity contribution in [3.8, 4) is 0 Å². The normalized spacial score (nSPS) is 26.1. The Labute approximate surface area is 304 Å². The topological polar surface area (TPSA) is 165 Å². The van der Waals surface area contributed by atoms with E-state index in [0.29, 0.717) is 24.1 Å². The van der Waals surface area contributed by atoms with E-state index in [4.69, 9.17) is 0 Å². The third-order valence-corrected chi connectivity index (χ3v) is 12.8. The number of nitrogens with one attached hydrogen (secondary N) is 3. The van der Waals surface area contributed by atoms with Crippen molar-refractivity contribution in [2.75, 3.05) is 11.9 Å². The third kappa shape index (κ3) is 7.01. The number of nitrogens with zero attached hydrogens (tertiary/aromatic N) is 2. The predicted octanol–water partition coefficient (Wildman–Crippen LogP) is 4.68. The van der Waals surface area contributed by atoms with Crippen molar-refractivity contribution in [1.29, 1.82) is 0 Å². The summed E-state index contributed by atoms with van der Waals surface area (Å²) < 4.78 is 42.5. The highest BCUT2D eigenvalue weighted by atomic mass is 32.2. The molecule has 3 unspecified atom stereocenters. The van der Waals surface area contributed by atoms with Crippen molar-refractivity contribution in [2.24, 2.45) is 17.8 Å². The molecule has 2 aromatic carbocycles. The Hall–Kier alpha value is -4.46. The molecule has 2 heterocycles. The molecule has 0 bridgehead atoms. The van der Waals surface area contributed by atoms with Crippen LogP contribution in [0.4, 0.5) is 14.9 Å². The van der Waals surface area contributed by atoms with Gasteiger partial charge in [0.25, 0.3) is 5.91 Å². The highest BCUT2D eigenvalue weighted by molar-refractivity contribution is 7.91. The van der Waals surface area contributed by atoms with Crippen LogP contribution in [0.15, 0.2) is 55.1 Å². The fourth-order valence-electron chi connectivity index (χ4n) is 7.71. The van der Waals surface area contributed by atoms with Gasteiger partial charge in [-0.2, -0.15) is 0 Å². The molecule has 14 heteroatoms. The number of hydrogen-bond acceptors (Lipinski definition) is 7. The first kappa shape index (κ1) is 37.3. The van der Waals surface area contributed by atoms with Gasteiger partial charge in [-0.05, 0) is 66.3 Å². The van der Waals surface area contributed by atoms with Crippen molar-refractivity contribution in [3.05, 3.63) is 77.6 Å². The van der Waals surface area contributed by atoms with Gasteiger partial charge in [0, 0.05) is 29.6 Å². The predicted molar refractivity (Wildman–Crippen MR) is 193 cm³/mol. The van der Waals surface area contributed by atoms with Crippen molar-refractivity contribution >= 4 is 39.5 Å². The second-order valence-electron chi connectivity index (χ2n) is 16.0. The van der Waals surface area contributed by atoms with E-state index in [2.05, 4.69) is 42.7 Å². The molecule has 12 nitrogen and oxygen atoms in total. The minimum Gasteiger partial charge on any atom is -0.465 e. The number of amides is 4. The van der Waals surface area contributed by atoms with Gasteiger partial charge < -0.3 is 20.6 Å². The van der Waals surface area contributed by atoms with Crippen LogP contribution in [0.5, 0.6) is 0 Å². The van der Waals surface area contributed by atoms with Gasteiger partial charge >= 0.3 is 6.09 Å². The van der Waals surface area contributed by atoms with Crippen molar-refractivity contribution < 1.29 is 37.1 Å². The minimum atomic E-state index is -3.92. The zero-order chi connectivity index (χ0) is 37.9. The number of carboxylic acid groups (broad SMARTS) is 1. The molecule has 2 saturated carbocycles. The van der Waals surface area contributed by atoms with Crippen LogP contribution in [0.1, 0.15) is 83.0 Å². The molecule has 6 rings (SSSR count). The summed E-state index contributed by atoms with van der Waals surface area (Å²) in [5, 5.41) is 15.7. The Bertz CT molecular complexity index is 1910. The van der Waals surface area contributed by atoms with E-state index < -0.39 is 80.4 Å². The van der Waals surface area contributed by atoms with E-state index >= 15 is 0 Å². The summed E-state index contributed by atoms with van der Waals surface area (Å²) in [5.74, 6) is -3.86. The Morgan fingerprint density at radius 3 is 2.37 bits per heavy atom. The number of likely N-dealkylation sites (tertiary alicyclic amines) is 1. The molecule has 2 aromatic rings.